The van der Waals surface area contributed by atoms with Crippen molar-refractivity contribution >= 4 is 12.1 Å². The molecule has 1 heterocycles. The number of methoxy groups -OCH3 is 1. The van der Waals surface area contributed by atoms with Gasteiger partial charge < -0.3 is 19.8 Å². The Morgan fingerprint density at radius 3 is 2.91 bits per heavy atom. The summed E-state index contributed by atoms with van der Waals surface area (Å²) in [5.74, 6) is 1.20. The van der Waals surface area contributed by atoms with Gasteiger partial charge in [-0.15, -0.1) is 0 Å². The van der Waals surface area contributed by atoms with Gasteiger partial charge in [0.2, 0.25) is 0 Å². The van der Waals surface area contributed by atoms with Crippen LogP contribution < -0.4 is 9.47 Å². The van der Waals surface area contributed by atoms with Crippen LogP contribution in [0.4, 0.5) is 0 Å². The molecule has 0 aliphatic carbocycles. The van der Waals surface area contributed by atoms with E-state index >= 15 is 0 Å². The average Bonchev–Trinajstić information content (AvgIpc) is 2.61. The lowest BCUT2D eigenvalue weighted by molar-refractivity contribution is 0.0683. The number of carbonyl (C=O) groups is 1. The number of ether oxygens (including phenoxy) is 2. The van der Waals surface area contributed by atoms with Crippen LogP contribution in [0.2, 0.25) is 0 Å². The third-order valence-electron chi connectivity index (χ3n) is 4.17. The minimum atomic E-state index is -0.0947. The van der Waals surface area contributed by atoms with Gasteiger partial charge in [-0.2, -0.15) is 0 Å². The lowest BCUT2D eigenvalue weighted by Crippen LogP contribution is -2.44. The first kappa shape index (κ1) is 17.3. The van der Waals surface area contributed by atoms with Crippen LogP contribution in [0.1, 0.15) is 49.4 Å². The van der Waals surface area contributed by atoms with Crippen molar-refractivity contribution in [2.75, 3.05) is 20.3 Å². The zero-order valence-corrected chi connectivity index (χ0v) is 14.0. The van der Waals surface area contributed by atoms with E-state index in [0.717, 1.165) is 32.1 Å². The predicted octanol–water partition coefficient (Wildman–Crippen LogP) is 3.52. The quantitative estimate of drug-likeness (QED) is 0.618. The molecule has 1 atom stereocenters. The Labute approximate surface area is 138 Å². The minimum absolute atomic E-state index is 0.0448. The zero-order chi connectivity index (χ0) is 16.7. The number of unbranched alkanes of at least 4 members (excludes halogenated alkanes) is 1. The summed E-state index contributed by atoms with van der Waals surface area (Å²) in [6, 6.07) is 5.22. The molecule has 23 heavy (non-hydrogen) atoms. The number of benzene rings is 1. The molecule has 1 aliphatic heterocycles. The van der Waals surface area contributed by atoms with Crippen LogP contribution in [0.15, 0.2) is 18.2 Å². The highest BCUT2D eigenvalue weighted by Gasteiger charge is 2.26. The summed E-state index contributed by atoms with van der Waals surface area (Å²) in [4.78, 5) is 14.5. The van der Waals surface area contributed by atoms with Crippen molar-refractivity contribution < 1.29 is 14.3 Å². The number of piperidine rings is 1. The highest BCUT2D eigenvalue weighted by molar-refractivity contribution is 5.96. The average molecular weight is 318 g/mol. The summed E-state index contributed by atoms with van der Waals surface area (Å²) in [6.07, 6.45) is 6.35. The molecule has 1 aliphatic rings. The maximum absolute atomic E-state index is 12.7. The van der Waals surface area contributed by atoms with E-state index in [9.17, 15) is 4.79 Å². The number of rotatable bonds is 7. The van der Waals surface area contributed by atoms with E-state index in [1.54, 1.807) is 30.2 Å². The monoisotopic (exact) mass is 318 g/mol. The maximum Gasteiger partial charge on any atom is 0.254 e. The summed E-state index contributed by atoms with van der Waals surface area (Å²) < 4.78 is 11.1. The van der Waals surface area contributed by atoms with Crippen LogP contribution in [0.3, 0.4) is 0 Å². The molecule has 1 aromatic carbocycles. The van der Waals surface area contributed by atoms with Gasteiger partial charge in [-0.25, -0.2) is 0 Å². The Kier molecular flexibility index (Phi) is 6.44. The van der Waals surface area contributed by atoms with E-state index < -0.39 is 0 Å². The first-order valence-electron chi connectivity index (χ1n) is 8.33. The highest BCUT2D eigenvalue weighted by atomic mass is 16.5. The van der Waals surface area contributed by atoms with Gasteiger partial charge in [0.15, 0.2) is 11.5 Å². The van der Waals surface area contributed by atoms with E-state index in [4.69, 9.17) is 14.9 Å². The second kappa shape index (κ2) is 8.56. The molecule has 1 aromatic rings. The lowest BCUT2D eigenvalue weighted by atomic mass is 10.0. The number of hydrogen-bond donors (Lipinski definition) is 1. The topological polar surface area (TPSA) is 62.6 Å². The number of likely N-dealkylation sites (tertiary alicyclic amines) is 1. The Bertz CT molecular complexity index is 545. The lowest BCUT2D eigenvalue weighted by Gasteiger charge is -2.33. The number of nitrogens with one attached hydrogen (secondary N) is 1. The molecule has 0 spiro atoms. The van der Waals surface area contributed by atoms with Crippen molar-refractivity contribution in [3.63, 3.8) is 0 Å². The fraction of sp³-hybridized carbons (Fsp3) is 0.556. The SMILES string of the molecule is CCCCOc1ccc(C(=O)N2CCCC[C@H]2C=N)cc1OC. The van der Waals surface area contributed by atoms with E-state index in [0.29, 0.717) is 30.2 Å². The van der Waals surface area contributed by atoms with Crippen molar-refractivity contribution in [1.29, 1.82) is 5.41 Å². The van der Waals surface area contributed by atoms with E-state index in [2.05, 4.69) is 6.92 Å². The summed E-state index contributed by atoms with van der Waals surface area (Å²) in [7, 11) is 1.58. The molecular formula is C18H26N2O3. The molecule has 5 heteroatoms. The third kappa shape index (κ3) is 4.24. The molecule has 0 radical (unpaired) electrons. The second-order valence-corrected chi connectivity index (χ2v) is 5.80. The highest BCUT2D eigenvalue weighted by Crippen LogP contribution is 2.29. The maximum atomic E-state index is 12.7. The van der Waals surface area contributed by atoms with E-state index in [1.807, 2.05) is 0 Å². The number of hydrogen-bond acceptors (Lipinski definition) is 4. The molecule has 0 saturated carbocycles. The molecule has 0 bridgehead atoms. The Balaban J connectivity index is 2.15. The third-order valence-corrected chi connectivity index (χ3v) is 4.17. The van der Waals surface area contributed by atoms with Gasteiger partial charge in [0.25, 0.3) is 5.91 Å². The van der Waals surface area contributed by atoms with Crippen LogP contribution in [-0.4, -0.2) is 43.3 Å². The van der Waals surface area contributed by atoms with Gasteiger partial charge in [0, 0.05) is 18.3 Å². The number of amides is 1. The Morgan fingerprint density at radius 1 is 1.39 bits per heavy atom. The zero-order valence-electron chi connectivity index (χ0n) is 14.0. The molecule has 126 valence electrons. The first-order chi connectivity index (χ1) is 11.2. The summed E-state index contributed by atoms with van der Waals surface area (Å²) >= 11 is 0. The molecular weight excluding hydrogens is 292 g/mol. The van der Waals surface area contributed by atoms with Crippen LogP contribution in [-0.2, 0) is 0 Å². The Hall–Kier alpha value is -2.04. The molecule has 1 fully saturated rings. The van der Waals surface area contributed by atoms with Crippen LogP contribution in [0, 0.1) is 5.41 Å². The van der Waals surface area contributed by atoms with Crippen molar-refractivity contribution in [1.82, 2.24) is 4.90 Å². The second-order valence-electron chi connectivity index (χ2n) is 5.80. The molecule has 2 rings (SSSR count). The fourth-order valence-corrected chi connectivity index (χ4v) is 2.79. The first-order valence-corrected chi connectivity index (χ1v) is 8.33. The van der Waals surface area contributed by atoms with Gasteiger partial charge in [-0.05, 0) is 43.9 Å². The fourth-order valence-electron chi connectivity index (χ4n) is 2.79. The summed E-state index contributed by atoms with van der Waals surface area (Å²) in [5.41, 5.74) is 0.582. The molecule has 0 unspecified atom stereocenters. The standard InChI is InChI=1S/C18H26N2O3/c1-3-4-11-23-16-9-8-14(12-17(16)22-2)18(21)20-10-6-5-7-15(20)13-19/h8-9,12-13,15,19H,3-7,10-11H2,1-2H3/t15-/m0/s1. The molecule has 5 nitrogen and oxygen atoms in total. The van der Waals surface area contributed by atoms with E-state index in [-0.39, 0.29) is 11.9 Å². The van der Waals surface area contributed by atoms with Gasteiger partial charge in [-0.3, -0.25) is 4.79 Å². The number of carbonyl (C=O) groups excluding carboxylic acids is 1. The van der Waals surface area contributed by atoms with E-state index in [1.165, 1.54) is 6.21 Å². The predicted molar refractivity (Wildman–Crippen MR) is 90.9 cm³/mol. The van der Waals surface area contributed by atoms with Crippen molar-refractivity contribution in [2.45, 2.75) is 45.1 Å². The summed E-state index contributed by atoms with van der Waals surface area (Å²) in [5, 5.41) is 7.53. The Morgan fingerprint density at radius 2 is 2.22 bits per heavy atom. The molecule has 1 N–H and O–H groups in total. The van der Waals surface area contributed by atoms with Gasteiger partial charge in [0.05, 0.1) is 19.8 Å². The molecule has 1 amide bonds. The smallest absolute Gasteiger partial charge is 0.254 e. The molecule has 1 saturated heterocycles. The van der Waals surface area contributed by atoms with Crippen molar-refractivity contribution in [2.24, 2.45) is 0 Å². The van der Waals surface area contributed by atoms with Gasteiger partial charge in [0.1, 0.15) is 0 Å². The minimum Gasteiger partial charge on any atom is -0.493 e. The van der Waals surface area contributed by atoms with Gasteiger partial charge >= 0.3 is 0 Å². The van der Waals surface area contributed by atoms with Crippen molar-refractivity contribution in [3.8, 4) is 11.5 Å². The normalized spacial score (nSPS) is 17.7. The van der Waals surface area contributed by atoms with Gasteiger partial charge in [-0.1, -0.05) is 13.3 Å². The number of nitrogens with zero attached hydrogens (tertiary/aromatic N) is 1. The molecule has 0 aromatic heterocycles. The van der Waals surface area contributed by atoms with Crippen molar-refractivity contribution in [3.05, 3.63) is 23.8 Å². The van der Waals surface area contributed by atoms with Crippen LogP contribution in [0.25, 0.3) is 0 Å². The largest absolute Gasteiger partial charge is 0.493 e. The summed E-state index contributed by atoms with van der Waals surface area (Å²) in [6.45, 7) is 3.46. The van der Waals surface area contributed by atoms with Crippen LogP contribution >= 0.6 is 0 Å². The van der Waals surface area contributed by atoms with Crippen LogP contribution in [0.5, 0.6) is 11.5 Å².